The Bertz CT molecular complexity index is 416. The highest BCUT2D eigenvalue weighted by molar-refractivity contribution is 9.10. The number of hydrogen-bond acceptors (Lipinski definition) is 3. The molecule has 0 bridgehead atoms. The van der Waals surface area contributed by atoms with E-state index < -0.39 is 0 Å². The molecule has 1 N–H and O–H groups in total. The molecular formula is C14H19BrFNO2. The lowest BCUT2D eigenvalue weighted by molar-refractivity contribution is 0.0896. The molecule has 1 fully saturated rings. The maximum absolute atomic E-state index is 13.6. The largest absolute Gasteiger partial charge is 0.383 e. The molecule has 0 saturated carbocycles. The summed E-state index contributed by atoms with van der Waals surface area (Å²) in [5.41, 5.74) is 0.914. The van der Waals surface area contributed by atoms with E-state index in [2.05, 4.69) is 21.2 Å². The van der Waals surface area contributed by atoms with Gasteiger partial charge in [0, 0.05) is 32.7 Å². The first kappa shape index (κ1) is 14.9. The normalized spacial score (nSPS) is 22.9. The third kappa shape index (κ3) is 3.99. The molecule has 3 nitrogen and oxygen atoms in total. The summed E-state index contributed by atoms with van der Waals surface area (Å²) in [6.45, 7) is 3.13. The topological polar surface area (TPSA) is 30.5 Å². The van der Waals surface area contributed by atoms with Crippen LogP contribution < -0.4 is 5.32 Å². The highest BCUT2D eigenvalue weighted by atomic mass is 79.9. The van der Waals surface area contributed by atoms with Crippen molar-refractivity contribution in [3.05, 3.63) is 34.1 Å². The van der Waals surface area contributed by atoms with Crippen LogP contribution in [0.5, 0.6) is 0 Å². The van der Waals surface area contributed by atoms with E-state index in [1.165, 1.54) is 0 Å². The van der Waals surface area contributed by atoms with Crippen molar-refractivity contribution in [3.8, 4) is 0 Å². The summed E-state index contributed by atoms with van der Waals surface area (Å²) in [6.07, 6.45) is 0.986. The Labute approximate surface area is 121 Å². The summed E-state index contributed by atoms with van der Waals surface area (Å²) in [4.78, 5) is 0. The molecule has 1 aromatic rings. The summed E-state index contributed by atoms with van der Waals surface area (Å²) in [7, 11) is 1.69. The van der Waals surface area contributed by atoms with Gasteiger partial charge in [-0.15, -0.1) is 0 Å². The van der Waals surface area contributed by atoms with Crippen LogP contribution in [0.4, 0.5) is 4.39 Å². The smallest absolute Gasteiger partial charge is 0.137 e. The highest BCUT2D eigenvalue weighted by Crippen LogP contribution is 2.35. The van der Waals surface area contributed by atoms with Crippen molar-refractivity contribution in [1.29, 1.82) is 0 Å². The SMILES string of the molecule is COCCNCC1CCOC1c1ccc(Br)c(F)c1. The van der Waals surface area contributed by atoms with E-state index in [1.54, 1.807) is 19.2 Å². The molecule has 5 heteroatoms. The van der Waals surface area contributed by atoms with Crippen LogP contribution >= 0.6 is 15.9 Å². The molecule has 1 aromatic carbocycles. The molecule has 0 spiro atoms. The monoisotopic (exact) mass is 331 g/mol. The number of methoxy groups -OCH3 is 1. The van der Waals surface area contributed by atoms with Crippen molar-refractivity contribution in [3.63, 3.8) is 0 Å². The molecule has 0 amide bonds. The zero-order valence-corrected chi connectivity index (χ0v) is 12.6. The molecule has 106 valence electrons. The molecule has 1 aliphatic rings. The van der Waals surface area contributed by atoms with Crippen LogP contribution in [0.2, 0.25) is 0 Å². The van der Waals surface area contributed by atoms with Crippen LogP contribution in [0.25, 0.3) is 0 Å². The Morgan fingerprint density at radius 2 is 2.37 bits per heavy atom. The number of benzene rings is 1. The predicted octanol–water partition coefficient (Wildman–Crippen LogP) is 2.90. The molecule has 0 aliphatic carbocycles. The van der Waals surface area contributed by atoms with Crippen LogP contribution in [0, 0.1) is 11.7 Å². The van der Waals surface area contributed by atoms with Crippen molar-refractivity contribution < 1.29 is 13.9 Å². The lowest BCUT2D eigenvalue weighted by Gasteiger charge is -2.19. The van der Waals surface area contributed by atoms with Crippen LogP contribution in [0.15, 0.2) is 22.7 Å². The quantitative estimate of drug-likeness (QED) is 0.813. The molecule has 1 heterocycles. The van der Waals surface area contributed by atoms with Gasteiger partial charge in [0.2, 0.25) is 0 Å². The van der Waals surface area contributed by atoms with Crippen molar-refractivity contribution in [2.24, 2.45) is 5.92 Å². The summed E-state index contributed by atoms with van der Waals surface area (Å²) >= 11 is 3.17. The second-order valence-corrected chi connectivity index (χ2v) is 5.56. The molecule has 1 saturated heterocycles. The molecular weight excluding hydrogens is 313 g/mol. The van der Waals surface area contributed by atoms with E-state index in [4.69, 9.17) is 9.47 Å². The summed E-state index contributed by atoms with van der Waals surface area (Å²) in [5, 5.41) is 3.35. The lowest BCUT2D eigenvalue weighted by atomic mass is 9.95. The molecule has 1 aliphatic heterocycles. The first-order valence-electron chi connectivity index (χ1n) is 6.48. The fourth-order valence-corrected chi connectivity index (χ4v) is 2.61. The third-order valence-electron chi connectivity index (χ3n) is 3.38. The van der Waals surface area contributed by atoms with Crippen LogP contribution in [-0.2, 0) is 9.47 Å². The van der Waals surface area contributed by atoms with E-state index in [0.717, 1.165) is 31.7 Å². The molecule has 2 unspecified atom stereocenters. The van der Waals surface area contributed by atoms with Gasteiger partial charge in [-0.2, -0.15) is 0 Å². The van der Waals surface area contributed by atoms with Crippen LogP contribution in [0.3, 0.4) is 0 Å². The van der Waals surface area contributed by atoms with E-state index in [9.17, 15) is 4.39 Å². The van der Waals surface area contributed by atoms with E-state index in [0.29, 0.717) is 17.0 Å². The maximum Gasteiger partial charge on any atom is 0.137 e. The van der Waals surface area contributed by atoms with E-state index >= 15 is 0 Å². The minimum absolute atomic E-state index is 0.0161. The first-order valence-corrected chi connectivity index (χ1v) is 7.28. The first-order chi connectivity index (χ1) is 9.22. The van der Waals surface area contributed by atoms with Gasteiger partial charge in [-0.25, -0.2) is 4.39 Å². The van der Waals surface area contributed by atoms with Gasteiger partial charge in [-0.1, -0.05) is 6.07 Å². The van der Waals surface area contributed by atoms with Crippen molar-refractivity contribution >= 4 is 15.9 Å². The zero-order valence-electron chi connectivity index (χ0n) is 11.0. The second kappa shape index (κ2) is 7.33. The van der Waals surface area contributed by atoms with Gasteiger partial charge in [-0.05, 0) is 40.0 Å². The average Bonchev–Trinajstić information content (AvgIpc) is 2.86. The van der Waals surface area contributed by atoms with E-state index in [-0.39, 0.29) is 11.9 Å². The summed E-state index contributed by atoms with van der Waals surface area (Å²) in [6, 6.07) is 5.22. The lowest BCUT2D eigenvalue weighted by Crippen LogP contribution is -2.27. The Balaban J connectivity index is 1.95. The van der Waals surface area contributed by atoms with Gasteiger partial charge in [-0.3, -0.25) is 0 Å². The van der Waals surface area contributed by atoms with E-state index in [1.807, 2.05) is 6.07 Å². The average molecular weight is 332 g/mol. The van der Waals surface area contributed by atoms with Gasteiger partial charge in [0.1, 0.15) is 5.82 Å². The van der Waals surface area contributed by atoms with Crippen LogP contribution in [-0.4, -0.2) is 33.4 Å². The molecule has 0 radical (unpaired) electrons. The third-order valence-corrected chi connectivity index (χ3v) is 4.02. The van der Waals surface area contributed by atoms with Gasteiger partial charge < -0.3 is 14.8 Å². The number of rotatable bonds is 6. The number of nitrogens with one attached hydrogen (secondary N) is 1. The zero-order chi connectivity index (χ0) is 13.7. The van der Waals surface area contributed by atoms with Gasteiger partial charge in [0.15, 0.2) is 0 Å². The second-order valence-electron chi connectivity index (χ2n) is 4.71. The Morgan fingerprint density at radius 1 is 1.53 bits per heavy atom. The number of halogens is 2. The summed E-state index contributed by atoms with van der Waals surface area (Å²) < 4.78 is 24.8. The fraction of sp³-hybridized carbons (Fsp3) is 0.571. The Kier molecular flexibility index (Phi) is 5.76. The molecule has 2 atom stereocenters. The van der Waals surface area contributed by atoms with Gasteiger partial charge in [0.25, 0.3) is 0 Å². The Hall–Kier alpha value is -0.490. The maximum atomic E-state index is 13.6. The van der Waals surface area contributed by atoms with Crippen molar-refractivity contribution in [2.45, 2.75) is 12.5 Å². The summed E-state index contributed by atoms with van der Waals surface area (Å²) in [5.74, 6) is 0.150. The van der Waals surface area contributed by atoms with Gasteiger partial charge in [0.05, 0.1) is 17.2 Å². The minimum atomic E-state index is -0.237. The molecule has 2 rings (SSSR count). The number of hydrogen-bond donors (Lipinski definition) is 1. The molecule has 19 heavy (non-hydrogen) atoms. The van der Waals surface area contributed by atoms with Crippen molar-refractivity contribution in [2.75, 3.05) is 33.4 Å². The van der Waals surface area contributed by atoms with Gasteiger partial charge >= 0.3 is 0 Å². The Morgan fingerprint density at radius 3 is 3.11 bits per heavy atom. The standard InChI is InChI=1S/C14H19BrFNO2/c1-18-7-5-17-9-11-4-6-19-14(11)10-2-3-12(15)13(16)8-10/h2-3,8,11,14,17H,4-7,9H2,1H3. The van der Waals surface area contributed by atoms with Crippen LogP contribution in [0.1, 0.15) is 18.1 Å². The predicted molar refractivity (Wildman–Crippen MR) is 75.6 cm³/mol. The minimum Gasteiger partial charge on any atom is -0.383 e. The number of ether oxygens (including phenoxy) is 2. The highest BCUT2D eigenvalue weighted by Gasteiger charge is 2.29. The fourth-order valence-electron chi connectivity index (χ4n) is 2.36. The molecule has 0 aromatic heterocycles. The van der Waals surface area contributed by atoms with Crippen molar-refractivity contribution in [1.82, 2.24) is 5.32 Å².